The molecule has 0 bridgehead atoms. The number of ether oxygens (including phenoxy) is 1. The van der Waals surface area contributed by atoms with Crippen LogP contribution in [0.3, 0.4) is 0 Å². The van der Waals surface area contributed by atoms with Crippen LogP contribution in [0.2, 0.25) is 0 Å². The van der Waals surface area contributed by atoms with Crippen molar-refractivity contribution in [1.29, 1.82) is 5.41 Å². The molecule has 1 aromatic carbocycles. The molecule has 1 aliphatic rings. The molecule has 0 atom stereocenters. The average molecular weight is 282 g/mol. The summed E-state index contributed by atoms with van der Waals surface area (Å²) in [6.07, 6.45) is 1.33. The van der Waals surface area contributed by atoms with Gasteiger partial charge in [-0.15, -0.1) is 0 Å². The van der Waals surface area contributed by atoms with Gasteiger partial charge in [-0.3, -0.25) is 0 Å². The van der Waals surface area contributed by atoms with E-state index >= 15 is 0 Å². The van der Waals surface area contributed by atoms with Gasteiger partial charge in [0.1, 0.15) is 0 Å². The smallest absolute Gasteiger partial charge is 0.226 e. The zero-order valence-corrected chi connectivity index (χ0v) is 12.0. The van der Waals surface area contributed by atoms with Gasteiger partial charge in [0.2, 0.25) is 5.95 Å². The molecule has 2 heterocycles. The van der Waals surface area contributed by atoms with Gasteiger partial charge in [0.25, 0.3) is 0 Å². The largest absolute Gasteiger partial charge is 0.378 e. The fourth-order valence-electron chi connectivity index (χ4n) is 2.46. The van der Waals surface area contributed by atoms with Gasteiger partial charge < -0.3 is 15.0 Å². The van der Waals surface area contributed by atoms with Crippen LogP contribution in [-0.2, 0) is 4.74 Å². The minimum absolute atomic E-state index is 0.704. The zero-order chi connectivity index (χ0) is 14.7. The Morgan fingerprint density at radius 3 is 2.52 bits per heavy atom. The summed E-state index contributed by atoms with van der Waals surface area (Å²) in [5.41, 5.74) is 3.44. The van der Waals surface area contributed by atoms with Crippen molar-refractivity contribution >= 4 is 12.2 Å². The molecule has 21 heavy (non-hydrogen) atoms. The topological polar surface area (TPSA) is 62.1 Å². The Kier molecular flexibility index (Phi) is 3.92. The molecule has 3 rings (SSSR count). The molecule has 1 aromatic heterocycles. The molecule has 0 spiro atoms. The second-order valence-electron chi connectivity index (χ2n) is 4.98. The molecule has 0 saturated carbocycles. The molecule has 1 fully saturated rings. The minimum atomic E-state index is 0.704. The first kappa shape index (κ1) is 13.7. The molecule has 0 aliphatic carbocycles. The molecular weight excluding hydrogens is 264 g/mol. The number of rotatable bonds is 3. The van der Waals surface area contributed by atoms with Crippen molar-refractivity contribution in [2.75, 3.05) is 31.2 Å². The zero-order valence-electron chi connectivity index (χ0n) is 12.0. The molecule has 108 valence electrons. The summed E-state index contributed by atoms with van der Waals surface area (Å²) < 4.78 is 5.38. The third-order valence-electron chi connectivity index (χ3n) is 3.61. The van der Waals surface area contributed by atoms with Gasteiger partial charge in [0.15, 0.2) is 0 Å². The van der Waals surface area contributed by atoms with Crippen LogP contribution in [0.15, 0.2) is 30.3 Å². The Morgan fingerprint density at radius 2 is 1.86 bits per heavy atom. The standard InChI is InChI=1S/C16H18N4O/c1-12-14(11-17)15(13-5-3-2-4-6-13)19-16(18-12)20-7-9-21-10-8-20/h2-6,11,17H,7-10H2,1H3. The summed E-state index contributed by atoms with van der Waals surface area (Å²) in [5.74, 6) is 0.722. The van der Waals surface area contributed by atoms with Crippen molar-refractivity contribution in [3.05, 3.63) is 41.6 Å². The molecule has 1 saturated heterocycles. The molecule has 0 unspecified atom stereocenters. The lowest BCUT2D eigenvalue weighted by molar-refractivity contribution is 0.122. The maximum atomic E-state index is 7.65. The van der Waals surface area contributed by atoms with Gasteiger partial charge >= 0.3 is 0 Å². The first-order valence-electron chi connectivity index (χ1n) is 7.07. The first-order chi connectivity index (χ1) is 10.3. The van der Waals surface area contributed by atoms with E-state index in [4.69, 9.17) is 15.1 Å². The van der Waals surface area contributed by atoms with E-state index in [0.29, 0.717) is 13.2 Å². The predicted molar refractivity (Wildman–Crippen MR) is 83.1 cm³/mol. The number of anilines is 1. The summed E-state index contributed by atoms with van der Waals surface area (Å²) in [5, 5.41) is 7.65. The van der Waals surface area contributed by atoms with Crippen molar-refractivity contribution in [1.82, 2.24) is 9.97 Å². The second-order valence-corrected chi connectivity index (χ2v) is 4.98. The van der Waals surface area contributed by atoms with Gasteiger partial charge in [0.05, 0.1) is 24.6 Å². The van der Waals surface area contributed by atoms with Crippen LogP contribution in [0.1, 0.15) is 11.3 Å². The third kappa shape index (κ3) is 2.78. The van der Waals surface area contributed by atoms with E-state index in [1.807, 2.05) is 37.3 Å². The fourth-order valence-corrected chi connectivity index (χ4v) is 2.46. The molecule has 1 N–H and O–H groups in total. The van der Waals surface area contributed by atoms with Crippen LogP contribution in [0.4, 0.5) is 5.95 Å². The van der Waals surface area contributed by atoms with Crippen molar-refractivity contribution in [3.8, 4) is 11.3 Å². The number of aromatic nitrogens is 2. The monoisotopic (exact) mass is 282 g/mol. The summed E-state index contributed by atoms with van der Waals surface area (Å²) >= 11 is 0. The van der Waals surface area contributed by atoms with Crippen LogP contribution in [-0.4, -0.2) is 42.5 Å². The third-order valence-corrected chi connectivity index (χ3v) is 3.61. The van der Waals surface area contributed by atoms with Gasteiger partial charge in [-0.25, -0.2) is 9.97 Å². The summed E-state index contributed by atoms with van der Waals surface area (Å²) in [7, 11) is 0. The van der Waals surface area contributed by atoms with Crippen LogP contribution in [0.5, 0.6) is 0 Å². The van der Waals surface area contributed by atoms with Crippen molar-refractivity contribution in [2.24, 2.45) is 0 Å². The lowest BCUT2D eigenvalue weighted by atomic mass is 10.1. The fraction of sp³-hybridized carbons (Fsp3) is 0.312. The predicted octanol–water partition coefficient (Wildman–Crippen LogP) is 2.29. The van der Waals surface area contributed by atoms with Crippen molar-refractivity contribution in [3.63, 3.8) is 0 Å². The van der Waals surface area contributed by atoms with Crippen LogP contribution >= 0.6 is 0 Å². The highest BCUT2D eigenvalue weighted by Gasteiger charge is 2.18. The molecule has 0 radical (unpaired) electrons. The number of nitrogens with one attached hydrogen (secondary N) is 1. The maximum absolute atomic E-state index is 7.65. The van der Waals surface area contributed by atoms with Crippen LogP contribution in [0.25, 0.3) is 11.3 Å². The summed E-state index contributed by atoms with van der Waals surface area (Å²) in [6.45, 7) is 4.94. The molecular formula is C16H18N4O. The van der Waals surface area contributed by atoms with Gasteiger partial charge in [-0.1, -0.05) is 30.3 Å². The van der Waals surface area contributed by atoms with E-state index in [1.54, 1.807) is 0 Å². The van der Waals surface area contributed by atoms with Crippen molar-refractivity contribution < 1.29 is 4.74 Å². The normalized spacial score (nSPS) is 15.0. The Balaban J connectivity index is 2.08. The van der Waals surface area contributed by atoms with E-state index in [-0.39, 0.29) is 0 Å². The van der Waals surface area contributed by atoms with E-state index in [2.05, 4.69) is 9.88 Å². The van der Waals surface area contributed by atoms with Crippen LogP contribution < -0.4 is 4.90 Å². The Hall–Kier alpha value is -2.27. The SMILES string of the molecule is Cc1nc(N2CCOCC2)nc(-c2ccccc2)c1C=N. The molecule has 5 heteroatoms. The maximum Gasteiger partial charge on any atom is 0.226 e. The highest BCUT2D eigenvalue weighted by atomic mass is 16.5. The van der Waals surface area contributed by atoms with E-state index in [9.17, 15) is 0 Å². The van der Waals surface area contributed by atoms with Crippen LogP contribution in [0, 0.1) is 12.3 Å². The number of aryl methyl sites for hydroxylation is 1. The molecule has 0 amide bonds. The molecule has 2 aromatic rings. The summed E-state index contributed by atoms with van der Waals surface area (Å²) in [4.78, 5) is 11.4. The van der Waals surface area contributed by atoms with Gasteiger partial charge in [-0.2, -0.15) is 0 Å². The van der Waals surface area contributed by atoms with E-state index in [1.165, 1.54) is 6.21 Å². The quantitative estimate of drug-likeness (QED) is 0.877. The number of hydrogen-bond acceptors (Lipinski definition) is 5. The molecule has 5 nitrogen and oxygen atoms in total. The number of nitrogens with zero attached hydrogens (tertiary/aromatic N) is 3. The highest BCUT2D eigenvalue weighted by Crippen LogP contribution is 2.25. The Morgan fingerprint density at radius 1 is 1.14 bits per heavy atom. The average Bonchev–Trinajstić information content (AvgIpc) is 2.55. The first-order valence-corrected chi connectivity index (χ1v) is 7.07. The van der Waals surface area contributed by atoms with E-state index < -0.39 is 0 Å². The Bertz CT molecular complexity index is 636. The van der Waals surface area contributed by atoms with Gasteiger partial charge in [-0.05, 0) is 6.92 Å². The highest BCUT2D eigenvalue weighted by molar-refractivity contribution is 5.88. The lowest BCUT2D eigenvalue weighted by Gasteiger charge is -2.27. The number of morpholine rings is 1. The summed E-state index contributed by atoms with van der Waals surface area (Å²) in [6, 6.07) is 9.96. The number of hydrogen-bond donors (Lipinski definition) is 1. The Labute approximate surface area is 124 Å². The van der Waals surface area contributed by atoms with Gasteiger partial charge in [0, 0.05) is 30.4 Å². The van der Waals surface area contributed by atoms with E-state index in [0.717, 1.165) is 41.6 Å². The second kappa shape index (κ2) is 6.01. The number of benzene rings is 1. The van der Waals surface area contributed by atoms with Crippen molar-refractivity contribution in [2.45, 2.75) is 6.92 Å². The lowest BCUT2D eigenvalue weighted by Crippen LogP contribution is -2.37. The molecule has 1 aliphatic heterocycles. The minimum Gasteiger partial charge on any atom is -0.378 e.